The van der Waals surface area contributed by atoms with Crippen LogP contribution in [0.1, 0.15) is 18.1 Å². The van der Waals surface area contributed by atoms with Gasteiger partial charge in [0.2, 0.25) is 5.88 Å². The van der Waals surface area contributed by atoms with E-state index < -0.39 is 11.7 Å². The molecule has 0 fully saturated rings. The van der Waals surface area contributed by atoms with Crippen molar-refractivity contribution in [2.45, 2.75) is 19.6 Å². The van der Waals surface area contributed by atoms with Gasteiger partial charge in [-0.15, -0.1) is 0 Å². The van der Waals surface area contributed by atoms with Crippen LogP contribution >= 0.6 is 0 Å². The number of rotatable bonds is 5. The third-order valence-corrected chi connectivity index (χ3v) is 3.76. The van der Waals surface area contributed by atoms with Crippen molar-refractivity contribution >= 4 is 10.9 Å². The van der Waals surface area contributed by atoms with Crippen molar-refractivity contribution in [1.82, 2.24) is 10.3 Å². The van der Waals surface area contributed by atoms with Gasteiger partial charge in [0.1, 0.15) is 5.75 Å². The van der Waals surface area contributed by atoms with Crippen molar-refractivity contribution in [3.63, 3.8) is 0 Å². The number of benzene rings is 2. The minimum Gasteiger partial charge on any atom is -0.439 e. The predicted molar refractivity (Wildman–Crippen MR) is 94.9 cm³/mol. The number of nitrogens with zero attached hydrogens (tertiary/aromatic N) is 1. The van der Waals surface area contributed by atoms with Gasteiger partial charge in [-0.3, -0.25) is 0 Å². The first-order chi connectivity index (χ1) is 12.5. The van der Waals surface area contributed by atoms with Gasteiger partial charge in [0.15, 0.2) is 0 Å². The lowest BCUT2D eigenvalue weighted by Crippen LogP contribution is -2.06. The van der Waals surface area contributed by atoms with Crippen molar-refractivity contribution in [2.24, 2.45) is 0 Å². The smallest absolute Gasteiger partial charge is 0.416 e. The lowest BCUT2D eigenvalue weighted by atomic mass is 10.1. The number of allylic oxidation sites excluding steroid dienone is 1. The topological polar surface area (TPSA) is 34.1 Å². The first kappa shape index (κ1) is 17.8. The molecule has 0 spiro atoms. The molecule has 0 aliphatic carbocycles. The van der Waals surface area contributed by atoms with Crippen LogP contribution in [-0.2, 0) is 12.7 Å². The van der Waals surface area contributed by atoms with E-state index in [1.54, 1.807) is 6.07 Å². The van der Waals surface area contributed by atoms with Crippen LogP contribution in [0.5, 0.6) is 11.6 Å². The van der Waals surface area contributed by atoms with Gasteiger partial charge in [0, 0.05) is 18.0 Å². The molecule has 0 aliphatic heterocycles. The number of fused-ring (bicyclic) bond motifs is 1. The highest BCUT2D eigenvalue weighted by molar-refractivity contribution is 5.82. The average molecular weight is 358 g/mol. The molecule has 0 aliphatic rings. The number of nitrogens with one attached hydrogen (secondary N) is 1. The summed E-state index contributed by atoms with van der Waals surface area (Å²) in [6, 6.07) is 14.0. The number of pyridine rings is 1. The highest BCUT2D eigenvalue weighted by Gasteiger charge is 2.30. The number of hydrogen-bond donors (Lipinski definition) is 1. The van der Waals surface area contributed by atoms with Crippen molar-refractivity contribution in [2.75, 3.05) is 0 Å². The summed E-state index contributed by atoms with van der Waals surface area (Å²) >= 11 is 0. The van der Waals surface area contributed by atoms with E-state index in [0.717, 1.165) is 28.6 Å². The number of ether oxygens (including phenoxy) is 1. The third kappa shape index (κ3) is 4.14. The SMILES string of the molecule is CC=CNCc1cc(Oc2ccc(C(F)(F)F)cc2)nc2ccccc12. The van der Waals surface area contributed by atoms with Crippen LogP contribution in [0.4, 0.5) is 13.2 Å². The minimum atomic E-state index is -4.37. The summed E-state index contributed by atoms with van der Waals surface area (Å²) in [4.78, 5) is 4.44. The Bertz CT molecular complexity index is 918. The maximum atomic E-state index is 12.7. The molecular weight excluding hydrogens is 341 g/mol. The van der Waals surface area contributed by atoms with Gasteiger partial charge in [-0.1, -0.05) is 24.3 Å². The Morgan fingerprint density at radius 2 is 1.81 bits per heavy atom. The molecule has 2 aromatic carbocycles. The van der Waals surface area contributed by atoms with E-state index in [9.17, 15) is 13.2 Å². The Kier molecular flexibility index (Phi) is 5.11. The van der Waals surface area contributed by atoms with Gasteiger partial charge >= 0.3 is 6.18 Å². The lowest BCUT2D eigenvalue weighted by molar-refractivity contribution is -0.137. The molecule has 0 bridgehead atoms. The fourth-order valence-electron chi connectivity index (χ4n) is 2.54. The lowest BCUT2D eigenvalue weighted by Gasteiger charge is -2.11. The molecule has 1 N–H and O–H groups in total. The zero-order valence-electron chi connectivity index (χ0n) is 14.0. The molecule has 3 rings (SSSR count). The van der Waals surface area contributed by atoms with Gasteiger partial charge in [-0.05, 0) is 49.0 Å². The molecule has 3 nitrogen and oxygen atoms in total. The summed E-state index contributed by atoms with van der Waals surface area (Å²) in [5, 5.41) is 4.16. The van der Waals surface area contributed by atoms with Crippen LogP contribution in [0.2, 0.25) is 0 Å². The van der Waals surface area contributed by atoms with E-state index in [-0.39, 0.29) is 0 Å². The highest BCUT2D eigenvalue weighted by Crippen LogP contribution is 2.31. The Labute approximate surface area is 149 Å². The van der Waals surface area contributed by atoms with E-state index in [2.05, 4.69) is 10.3 Å². The molecule has 6 heteroatoms. The molecular formula is C20H17F3N2O. The number of aromatic nitrogens is 1. The highest BCUT2D eigenvalue weighted by atomic mass is 19.4. The second-order valence-electron chi connectivity index (χ2n) is 5.64. The first-order valence-corrected chi connectivity index (χ1v) is 8.05. The molecule has 0 saturated heterocycles. The normalized spacial score (nSPS) is 11.8. The molecule has 0 unspecified atom stereocenters. The van der Waals surface area contributed by atoms with Gasteiger partial charge in [-0.2, -0.15) is 13.2 Å². The van der Waals surface area contributed by atoms with Crippen LogP contribution in [0, 0.1) is 0 Å². The van der Waals surface area contributed by atoms with Crippen LogP contribution in [0.15, 0.2) is 66.9 Å². The molecule has 1 aromatic heterocycles. The fourth-order valence-corrected chi connectivity index (χ4v) is 2.54. The summed E-state index contributed by atoms with van der Waals surface area (Å²) in [5.41, 5.74) is 1.03. The summed E-state index contributed by atoms with van der Waals surface area (Å²) in [6.07, 6.45) is -0.639. The molecule has 0 radical (unpaired) electrons. The average Bonchev–Trinajstić information content (AvgIpc) is 2.61. The Morgan fingerprint density at radius 3 is 2.50 bits per heavy atom. The second-order valence-corrected chi connectivity index (χ2v) is 5.64. The van der Waals surface area contributed by atoms with Crippen molar-refractivity contribution in [1.29, 1.82) is 0 Å². The Balaban J connectivity index is 1.89. The molecule has 1 heterocycles. The molecule has 3 aromatic rings. The second kappa shape index (κ2) is 7.47. The van der Waals surface area contributed by atoms with Gasteiger partial charge < -0.3 is 10.1 Å². The largest absolute Gasteiger partial charge is 0.439 e. The van der Waals surface area contributed by atoms with Crippen LogP contribution in [-0.4, -0.2) is 4.98 Å². The molecule has 0 atom stereocenters. The zero-order valence-corrected chi connectivity index (χ0v) is 14.0. The number of halogens is 3. The van der Waals surface area contributed by atoms with Gasteiger partial charge in [-0.25, -0.2) is 4.98 Å². The summed E-state index contributed by atoms with van der Waals surface area (Å²) in [7, 11) is 0. The van der Waals surface area contributed by atoms with Gasteiger partial charge in [0.25, 0.3) is 0 Å². The standard InChI is InChI=1S/C20H17F3N2O/c1-2-11-24-13-14-12-19(25-18-6-4-3-5-17(14)18)26-16-9-7-15(8-10-16)20(21,22)23/h2-12,24H,13H2,1H3. The Morgan fingerprint density at radius 1 is 1.08 bits per heavy atom. The quantitative estimate of drug-likeness (QED) is 0.638. The molecule has 0 amide bonds. The van der Waals surface area contributed by atoms with E-state index in [1.807, 2.05) is 43.5 Å². The van der Waals surface area contributed by atoms with E-state index >= 15 is 0 Å². The summed E-state index contributed by atoms with van der Waals surface area (Å²) in [6.45, 7) is 2.49. The number of alkyl halides is 3. The third-order valence-electron chi connectivity index (χ3n) is 3.76. The van der Waals surface area contributed by atoms with E-state index in [4.69, 9.17) is 4.74 Å². The molecule has 26 heavy (non-hydrogen) atoms. The monoisotopic (exact) mass is 358 g/mol. The van der Waals surface area contributed by atoms with Crippen molar-refractivity contribution in [3.8, 4) is 11.6 Å². The maximum Gasteiger partial charge on any atom is 0.416 e. The van der Waals surface area contributed by atoms with Crippen LogP contribution in [0.25, 0.3) is 10.9 Å². The number of hydrogen-bond acceptors (Lipinski definition) is 3. The molecule has 0 saturated carbocycles. The maximum absolute atomic E-state index is 12.7. The first-order valence-electron chi connectivity index (χ1n) is 8.05. The van der Waals surface area contributed by atoms with Crippen LogP contribution in [0.3, 0.4) is 0 Å². The predicted octanol–water partition coefficient (Wildman–Crippen LogP) is 5.67. The Hall–Kier alpha value is -3.02. The van der Waals surface area contributed by atoms with Gasteiger partial charge in [0.05, 0.1) is 11.1 Å². The summed E-state index contributed by atoms with van der Waals surface area (Å²) < 4.78 is 43.6. The van der Waals surface area contributed by atoms with E-state index in [0.29, 0.717) is 18.2 Å². The zero-order chi connectivity index (χ0) is 18.6. The van der Waals surface area contributed by atoms with E-state index in [1.165, 1.54) is 12.1 Å². The summed E-state index contributed by atoms with van der Waals surface area (Å²) in [5.74, 6) is 0.633. The fraction of sp³-hybridized carbons (Fsp3) is 0.150. The van der Waals surface area contributed by atoms with Crippen molar-refractivity contribution in [3.05, 3.63) is 78.0 Å². The van der Waals surface area contributed by atoms with Crippen molar-refractivity contribution < 1.29 is 17.9 Å². The molecule has 134 valence electrons. The van der Waals surface area contributed by atoms with Crippen LogP contribution < -0.4 is 10.1 Å². The number of para-hydroxylation sites is 1. The minimum absolute atomic E-state index is 0.299.